The van der Waals surface area contributed by atoms with Crippen LogP contribution in [-0.2, 0) is 0 Å². The number of aromatic nitrogens is 1. The van der Waals surface area contributed by atoms with Crippen molar-refractivity contribution >= 4 is 27.3 Å². The molecule has 0 spiro atoms. The molecule has 0 fully saturated rings. The fourth-order valence-electron chi connectivity index (χ4n) is 1.44. The summed E-state index contributed by atoms with van der Waals surface area (Å²) in [6.07, 6.45) is 3.45. The van der Waals surface area contributed by atoms with E-state index in [1.54, 1.807) is 24.5 Å². The van der Waals surface area contributed by atoms with Gasteiger partial charge in [-0.15, -0.1) is 0 Å². The van der Waals surface area contributed by atoms with Crippen LogP contribution in [0.5, 0.6) is 0 Å². The topological polar surface area (TPSA) is 16.1 Å². The van der Waals surface area contributed by atoms with Crippen molar-refractivity contribution in [1.82, 2.24) is 4.98 Å². The number of hydrogen-bond acceptors (Lipinski definition) is 2. The molecule has 2 aromatic rings. The zero-order valence-corrected chi connectivity index (χ0v) is 10.3. The van der Waals surface area contributed by atoms with Gasteiger partial charge in [0.2, 0.25) is 0 Å². The Balaban J connectivity index is 2.35. The minimum Gasteiger partial charge on any atom is -0.344 e. The maximum absolute atomic E-state index is 12.8. The Kier molecular flexibility index (Phi) is 3.19. The van der Waals surface area contributed by atoms with Gasteiger partial charge in [-0.3, -0.25) is 4.98 Å². The SMILES string of the molecule is CN(c1ccc(F)cc1)c1ccncc1Br. The number of halogens is 2. The second-order valence-corrected chi connectivity index (χ2v) is 4.22. The van der Waals surface area contributed by atoms with Crippen LogP contribution >= 0.6 is 15.9 Å². The van der Waals surface area contributed by atoms with E-state index < -0.39 is 0 Å². The zero-order valence-electron chi connectivity index (χ0n) is 8.69. The molecule has 1 aromatic heterocycles. The highest BCUT2D eigenvalue weighted by Gasteiger charge is 2.07. The normalized spacial score (nSPS) is 10.2. The molecule has 0 aliphatic carbocycles. The van der Waals surface area contributed by atoms with E-state index in [4.69, 9.17) is 0 Å². The summed E-state index contributed by atoms with van der Waals surface area (Å²) in [7, 11) is 1.92. The van der Waals surface area contributed by atoms with Gasteiger partial charge < -0.3 is 4.90 Å². The molecule has 2 nitrogen and oxygen atoms in total. The molecule has 0 atom stereocenters. The Morgan fingerprint density at radius 3 is 2.50 bits per heavy atom. The monoisotopic (exact) mass is 280 g/mol. The molecule has 4 heteroatoms. The number of pyridine rings is 1. The van der Waals surface area contributed by atoms with Gasteiger partial charge in [0.15, 0.2) is 0 Å². The zero-order chi connectivity index (χ0) is 11.5. The summed E-state index contributed by atoms with van der Waals surface area (Å²) in [5.41, 5.74) is 1.91. The maximum atomic E-state index is 12.8. The van der Waals surface area contributed by atoms with Gasteiger partial charge in [0.25, 0.3) is 0 Å². The number of benzene rings is 1. The highest BCUT2D eigenvalue weighted by atomic mass is 79.9. The van der Waals surface area contributed by atoms with Crippen LogP contribution in [-0.4, -0.2) is 12.0 Å². The second-order valence-electron chi connectivity index (χ2n) is 3.36. The highest BCUT2D eigenvalue weighted by Crippen LogP contribution is 2.29. The van der Waals surface area contributed by atoms with Crippen LogP contribution in [0.4, 0.5) is 15.8 Å². The van der Waals surface area contributed by atoms with Gasteiger partial charge in [-0.2, -0.15) is 0 Å². The molecule has 0 unspecified atom stereocenters. The Hall–Kier alpha value is -1.42. The first-order valence-corrected chi connectivity index (χ1v) is 5.56. The van der Waals surface area contributed by atoms with Crippen molar-refractivity contribution in [1.29, 1.82) is 0 Å². The second kappa shape index (κ2) is 4.61. The van der Waals surface area contributed by atoms with E-state index >= 15 is 0 Å². The van der Waals surface area contributed by atoms with Gasteiger partial charge in [-0.05, 0) is 46.3 Å². The molecule has 0 radical (unpaired) electrons. The van der Waals surface area contributed by atoms with Gasteiger partial charge in [0, 0.05) is 25.1 Å². The number of hydrogen-bond donors (Lipinski definition) is 0. The van der Waals surface area contributed by atoms with Crippen LogP contribution in [0, 0.1) is 5.82 Å². The third kappa shape index (κ3) is 2.22. The fourth-order valence-corrected chi connectivity index (χ4v) is 1.96. The Labute approximate surface area is 102 Å². The minimum atomic E-state index is -0.231. The van der Waals surface area contributed by atoms with Gasteiger partial charge in [0.1, 0.15) is 5.82 Å². The average molecular weight is 281 g/mol. The van der Waals surface area contributed by atoms with Crippen LogP contribution < -0.4 is 4.90 Å². The van der Waals surface area contributed by atoms with E-state index in [1.807, 2.05) is 18.0 Å². The van der Waals surface area contributed by atoms with Crippen LogP contribution in [0.3, 0.4) is 0 Å². The fraction of sp³-hybridized carbons (Fsp3) is 0.0833. The first-order chi connectivity index (χ1) is 7.68. The number of nitrogens with zero attached hydrogens (tertiary/aromatic N) is 2. The molecule has 0 aliphatic heterocycles. The molecule has 0 saturated carbocycles. The largest absolute Gasteiger partial charge is 0.344 e. The molecule has 1 aromatic carbocycles. The van der Waals surface area contributed by atoms with Crippen molar-refractivity contribution in [2.75, 3.05) is 11.9 Å². The predicted octanol–water partition coefficient (Wildman–Crippen LogP) is 3.75. The van der Waals surface area contributed by atoms with Crippen molar-refractivity contribution in [3.8, 4) is 0 Å². The molecule has 16 heavy (non-hydrogen) atoms. The molecule has 0 bridgehead atoms. The predicted molar refractivity (Wildman–Crippen MR) is 66.4 cm³/mol. The van der Waals surface area contributed by atoms with Gasteiger partial charge in [0.05, 0.1) is 10.2 Å². The lowest BCUT2D eigenvalue weighted by atomic mass is 10.2. The maximum Gasteiger partial charge on any atom is 0.123 e. The van der Waals surface area contributed by atoms with Crippen molar-refractivity contribution in [2.45, 2.75) is 0 Å². The molecule has 0 aliphatic rings. The van der Waals surface area contributed by atoms with Crippen molar-refractivity contribution in [2.24, 2.45) is 0 Å². The van der Waals surface area contributed by atoms with Crippen LogP contribution in [0.1, 0.15) is 0 Å². The number of anilines is 2. The summed E-state index contributed by atoms with van der Waals surface area (Å²) < 4.78 is 13.7. The van der Waals surface area contributed by atoms with Crippen molar-refractivity contribution in [3.05, 3.63) is 53.0 Å². The molecule has 2 rings (SSSR count). The third-order valence-corrected chi connectivity index (χ3v) is 2.94. The van der Waals surface area contributed by atoms with E-state index in [1.165, 1.54) is 12.1 Å². The first-order valence-electron chi connectivity index (χ1n) is 4.77. The first kappa shape index (κ1) is 11.1. The van der Waals surface area contributed by atoms with E-state index in [-0.39, 0.29) is 5.82 Å². The van der Waals surface area contributed by atoms with E-state index in [2.05, 4.69) is 20.9 Å². The summed E-state index contributed by atoms with van der Waals surface area (Å²) in [5, 5.41) is 0. The van der Waals surface area contributed by atoms with Crippen molar-refractivity contribution < 1.29 is 4.39 Å². The van der Waals surface area contributed by atoms with Crippen LogP contribution in [0.15, 0.2) is 47.2 Å². The smallest absolute Gasteiger partial charge is 0.123 e. The molecule has 82 valence electrons. The summed E-state index contributed by atoms with van der Waals surface area (Å²) in [4.78, 5) is 5.97. The van der Waals surface area contributed by atoms with Gasteiger partial charge in [-0.25, -0.2) is 4.39 Å². The molecular weight excluding hydrogens is 271 g/mol. The third-order valence-electron chi connectivity index (χ3n) is 2.33. The average Bonchev–Trinajstić information content (AvgIpc) is 2.30. The van der Waals surface area contributed by atoms with Gasteiger partial charge in [-0.1, -0.05) is 0 Å². The lowest BCUT2D eigenvalue weighted by Crippen LogP contribution is -2.09. The molecule has 0 N–H and O–H groups in total. The van der Waals surface area contributed by atoms with Crippen molar-refractivity contribution in [3.63, 3.8) is 0 Å². The quantitative estimate of drug-likeness (QED) is 0.833. The molecule has 1 heterocycles. The highest BCUT2D eigenvalue weighted by molar-refractivity contribution is 9.10. The lowest BCUT2D eigenvalue weighted by molar-refractivity contribution is 0.628. The summed E-state index contributed by atoms with van der Waals surface area (Å²) in [6.45, 7) is 0. The summed E-state index contributed by atoms with van der Waals surface area (Å²) >= 11 is 3.43. The summed E-state index contributed by atoms with van der Waals surface area (Å²) in [5.74, 6) is -0.231. The standard InChI is InChI=1S/C12H10BrFN2/c1-16(10-4-2-9(14)3-5-10)12-6-7-15-8-11(12)13/h2-8H,1H3. The lowest BCUT2D eigenvalue weighted by Gasteiger charge is -2.20. The Morgan fingerprint density at radius 2 is 1.88 bits per heavy atom. The molecule has 0 saturated heterocycles. The summed E-state index contributed by atoms with van der Waals surface area (Å²) in [6, 6.07) is 8.26. The molecule has 0 amide bonds. The van der Waals surface area contributed by atoms with Crippen LogP contribution in [0.25, 0.3) is 0 Å². The molecular formula is C12H10BrFN2. The Bertz CT molecular complexity index is 485. The minimum absolute atomic E-state index is 0.231. The van der Waals surface area contributed by atoms with Gasteiger partial charge >= 0.3 is 0 Å². The van der Waals surface area contributed by atoms with E-state index in [0.29, 0.717) is 0 Å². The Morgan fingerprint density at radius 1 is 1.19 bits per heavy atom. The number of rotatable bonds is 2. The van der Waals surface area contributed by atoms with Crippen LogP contribution in [0.2, 0.25) is 0 Å². The van der Waals surface area contributed by atoms with E-state index in [9.17, 15) is 4.39 Å². The van der Waals surface area contributed by atoms with E-state index in [0.717, 1.165) is 15.8 Å².